The van der Waals surface area contributed by atoms with E-state index in [1.165, 1.54) is 0 Å². The van der Waals surface area contributed by atoms with E-state index in [1.807, 2.05) is 18.2 Å². The Kier molecular flexibility index (Phi) is 7.20. The number of carbonyl (C=O) groups is 1. The van der Waals surface area contributed by atoms with Crippen molar-refractivity contribution >= 4 is 27.5 Å². The second-order valence-corrected chi connectivity index (χ2v) is 8.41. The third kappa shape index (κ3) is 6.12. The first kappa shape index (κ1) is 20.4. The molecule has 2 rings (SSSR count). The molecule has 0 saturated carbocycles. The number of amides is 1. The third-order valence-electron chi connectivity index (χ3n) is 3.70. The highest BCUT2D eigenvalue weighted by Gasteiger charge is 2.15. The van der Waals surface area contributed by atoms with Gasteiger partial charge in [0.1, 0.15) is 0 Å². The fourth-order valence-electron chi connectivity index (χ4n) is 2.40. The monoisotopic (exact) mass is 394 g/mol. The van der Waals surface area contributed by atoms with Gasteiger partial charge in [-0.1, -0.05) is 41.9 Å². The number of sulfonamides is 1. The van der Waals surface area contributed by atoms with Crippen LogP contribution in [0.5, 0.6) is 0 Å². The first-order chi connectivity index (χ1) is 12.3. The Morgan fingerprint density at radius 1 is 1.08 bits per heavy atom. The minimum absolute atomic E-state index is 0.0805. The standard InChI is InChI=1S/C19H23ClN2O3S/c1-14(2)22-26(24,25)17-10-7-15(8-11-17)9-12-19(23)21-13-16-5-3-4-6-18(16)20/h3-8,10-11,14,22H,9,12-13H2,1-2H3,(H,21,23). The SMILES string of the molecule is CC(C)NS(=O)(=O)c1ccc(CCC(=O)NCc2ccccc2Cl)cc1. The van der Waals surface area contributed by atoms with E-state index in [0.717, 1.165) is 11.1 Å². The zero-order valence-electron chi connectivity index (χ0n) is 14.8. The Bertz CT molecular complexity index is 849. The summed E-state index contributed by atoms with van der Waals surface area (Å²) in [7, 11) is -3.49. The van der Waals surface area contributed by atoms with Crippen molar-refractivity contribution in [2.45, 2.75) is 44.2 Å². The maximum Gasteiger partial charge on any atom is 0.240 e. The molecule has 0 radical (unpaired) electrons. The minimum atomic E-state index is -3.49. The van der Waals surface area contributed by atoms with Gasteiger partial charge in [-0.15, -0.1) is 0 Å². The zero-order chi connectivity index (χ0) is 19.2. The van der Waals surface area contributed by atoms with E-state index in [9.17, 15) is 13.2 Å². The van der Waals surface area contributed by atoms with E-state index in [0.29, 0.717) is 24.4 Å². The molecule has 0 unspecified atom stereocenters. The van der Waals surface area contributed by atoms with Gasteiger partial charge >= 0.3 is 0 Å². The smallest absolute Gasteiger partial charge is 0.240 e. The van der Waals surface area contributed by atoms with Crippen molar-refractivity contribution in [3.05, 3.63) is 64.7 Å². The van der Waals surface area contributed by atoms with Gasteiger partial charge < -0.3 is 5.32 Å². The van der Waals surface area contributed by atoms with Crippen molar-refractivity contribution in [2.24, 2.45) is 0 Å². The van der Waals surface area contributed by atoms with Crippen LogP contribution in [0.25, 0.3) is 0 Å². The molecule has 2 aromatic carbocycles. The molecule has 1 amide bonds. The lowest BCUT2D eigenvalue weighted by Gasteiger charge is -2.10. The van der Waals surface area contributed by atoms with Gasteiger partial charge in [-0.2, -0.15) is 0 Å². The molecule has 140 valence electrons. The van der Waals surface area contributed by atoms with Crippen molar-refractivity contribution in [1.29, 1.82) is 0 Å². The fraction of sp³-hybridized carbons (Fsp3) is 0.316. The Labute approximate surface area is 159 Å². The quantitative estimate of drug-likeness (QED) is 0.721. The average Bonchev–Trinajstić information content (AvgIpc) is 2.58. The van der Waals surface area contributed by atoms with Gasteiger partial charge in [-0.3, -0.25) is 4.79 Å². The van der Waals surface area contributed by atoms with Crippen LogP contribution >= 0.6 is 11.6 Å². The summed E-state index contributed by atoms with van der Waals surface area (Å²) in [5.41, 5.74) is 1.77. The number of benzene rings is 2. The molecule has 0 aromatic heterocycles. The third-order valence-corrected chi connectivity index (χ3v) is 5.74. The number of hydrogen-bond acceptors (Lipinski definition) is 3. The molecule has 7 heteroatoms. The predicted octanol–water partition coefficient (Wildman–Crippen LogP) is 3.28. The van der Waals surface area contributed by atoms with Gasteiger partial charge in [0.05, 0.1) is 4.90 Å². The van der Waals surface area contributed by atoms with Crippen LogP contribution in [0.4, 0.5) is 0 Å². The predicted molar refractivity (Wildman–Crippen MR) is 104 cm³/mol. The normalized spacial score (nSPS) is 11.5. The molecular weight excluding hydrogens is 372 g/mol. The van der Waals surface area contributed by atoms with Crippen molar-refractivity contribution < 1.29 is 13.2 Å². The number of aryl methyl sites for hydroxylation is 1. The molecule has 0 fully saturated rings. The van der Waals surface area contributed by atoms with Crippen molar-refractivity contribution in [3.8, 4) is 0 Å². The number of halogens is 1. The first-order valence-electron chi connectivity index (χ1n) is 8.39. The summed E-state index contributed by atoms with van der Waals surface area (Å²) < 4.78 is 26.7. The number of hydrogen-bond donors (Lipinski definition) is 2. The molecule has 0 aliphatic heterocycles. The molecule has 0 atom stereocenters. The van der Waals surface area contributed by atoms with E-state index >= 15 is 0 Å². The maximum absolute atomic E-state index is 12.1. The summed E-state index contributed by atoms with van der Waals surface area (Å²) in [6, 6.07) is 13.8. The summed E-state index contributed by atoms with van der Waals surface area (Å²) >= 11 is 6.06. The van der Waals surface area contributed by atoms with Crippen molar-refractivity contribution in [2.75, 3.05) is 0 Å². The van der Waals surface area contributed by atoms with Crippen LogP contribution in [0, 0.1) is 0 Å². The molecule has 0 spiro atoms. The Balaban J connectivity index is 1.86. The molecule has 0 aliphatic carbocycles. The van der Waals surface area contributed by atoms with Crippen LogP contribution < -0.4 is 10.0 Å². The second-order valence-electron chi connectivity index (χ2n) is 6.29. The molecule has 0 heterocycles. The zero-order valence-corrected chi connectivity index (χ0v) is 16.4. The van der Waals surface area contributed by atoms with Crippen LogP contribution in [-0.4, -0.2) is 20.4 Å². The number of carbonyl (C=O) groups excluding carboxylic acids is 1. The van der Waals surface area contributed by atoms with E-state index in [-0.39, 0.29) is 16.8 Å². The summed E-state index contributed by atoms with van der Waals surface area (Å²) in [6.07, 6.45) is 0.854. The molecule has 26 heavy (non-hydrogen) atoms. The summed E-state index contributed by atoms with van der Waals surface area (Å²) in [4.78, 5) is 12.2. The summed E-state index contributed by atoms with van der Waals surface area (Å²) in [5.74, 6) is -0.0805. The Morgan fingerprint density at radius 3 is 2.35 bits per heavy atom. The minimum Gasteiger partial charge on any atom is -0.352 e. The fourth-order valence-corrected chi connectivity index (χ4v) is 3.85. The highest BCUT2D eigenvalue weighted by Crippen LogP contribution is 2.15. The second kappa shape index (κ2) is 9.16. The molecule has 0 aliphatic rings. The van der Waals surface area contributed by atoms with Gasteiger partial charge in [0, 0.05) is 24.0 Å². The average molecular weight is 395 g/mol. The van der Waals surface area contributed by atoms with Gasteiger partial charge in [-0.25, -0.2) is 13.1 Å². The summed E-state index contributed by atoms with van der Waals surface area (Å²) in [6.45, 7) is 3.93. The maximum atomic E-state index is 12.1. The van der Waals surface area contributed by atoms with Crippen molar-refractivity contribution in [3.63, 3.8) is 0 Å². The van der Waals surface area contributed by atoms with E-state index in [1.54, 1.807) is 44.2 Å². The first-order valence-corrected chi connectivity index (χ1v) is 10.3. The molecular formula is C19H23ClN2O3S. The summed E-state index contributed by atoms with van der Waals surface area (Å²) in [5, 5.41) is 3.46. The van der Waals surface area contributed by atoms with Crippen LogP contribution in [0.3, 0.4) is 0 Å². The van der Waals surface area contributed by atoms with Crippen LogP contribution in [-0.2, 0) is 27.8 Å². The molecule has 5 nitrogen and oxygen atoms in total. The Morgan fingerprint density at radius 2 is 1.73 bits per heavy atom. The molecule has 0 bridgehead atoms. The number of nitrogens with one attached hydrogen (secondary N) is 2. The highest BCUT2D eigenvalue weighted by atomic mass is 35.5. The molecule has 2 N–H and O–H groups in total. The lowest BCUT2D eigenvalue weighted by molar-refractivity contribution is -0.121. The lowest BCUT2D eigenvalue weighted by atomic mass is 10.1. The molecule has 0 saturated heterocycles. The van der Waals surface area contributed by atoms with Crippen LogP contribution in [0.15, 0.2) is 53.4 Å². The number of rotatable bonds is 8. The van der Waals surface area contributed by atoms with Gasteiger partial charge in [0.2, 0.25) is 15.9 Å². The van der Waals surface area contributed by atoms with E-state index in [2.05, 4.69) is 10.0 Å². The topological polar surface area (TPSA) is 75.3 Å². The lowest BCUT2D eigenvalue weighted by Crippen LogP contribution is -2.30. The van der Waals surface area contributed by atoms with E-state index in [4.69, 9.17) is 11.6 Å². The largest absolute Gasteiger partial charge is 0.352 e. The van der Waals surface area contributed by atoms with Gasteiger partial charge in [0.15, 0.2) is 0 Å². The van der Waals surface area contributed by atoms with Crippen molar-refractivity contribution in [1.82, 2.24) is 10.0 Å². The van der Waals surface area contributed by atoms with Crippen LogP contribution in [0.2, 0.25) is 5.02 Å². The highest BCUT2D eigenvalue weighted by molar-refractivity contribution is 7.89. The van der Waals surface area contributed by atoms with Gasteiger partial charge in [0.25, 0.3) is 0 Å². The van der Waals surface area contributed by atoms with E-state index < -0.39 is 10.0 Å². The van der Waals surface area contributed by atoms with Crippen LogP contribution in [0.1, 0.15) is 31.4 Å². The Hall–Kier alpha value is -1.89. The molecule has 2 aromatic rings. The van der Waals surface area contributed by atoms with Gasteiger partial charge in [-0.05, 0) is 49.6 Å².